The molecule has 0 saturated carbocycles. The Bertz CT molecular complexity index is 652. The Morgan fingerprint density at radius 3 is 2.68 bits per heavy atom. The standard InChI is InChI=1S/C16H18N2O2S2/c1-17(10-11-5-3-7-21-11)16(20)12-9-14(19)18(2)15(12)13-6-4-8-22-13/h3-8,12,15H,9-10H2,1-2H3/t12-,15-/m0/s1. The topological polar surface area (TPSA) is 40.6 Å². The van der Waals surface area contributed by atoms with Crippen molar-refractivity contribution in [3.63, 3.8) is 0 Å². The minimum Gasteiger partial charge on any atom is -0.340 e. The number of thiophene rings is 2. The fraction of sp³-hybridized carbons (Fsp3) is 0.375. The van der Waals surface area contributed by atoms with Crippen LogP contribution in [0.1, 0.15) is 22.2 Å². The number of hydrogen-bond donors (Lipinski definition) is 0. The van der Waals surface area contributed by atoms with E-state index in [-0.39, 0.29) is 23.8 Å². The minimum absolute atomic E-state index is 0.0428. The van der Waals surface area contributed by atoms with Crippen molar-refractivity contribution in [2.24, 2.45) is 5.92 Å². The van der Waals surface area contributed by atoms with Crippen molar-refractivity contribution in [1.29, 1.82) is 0 Å². The van der Waals surface area contributed by atoms with Gasteiger partial charge in [0.25, 0.3) is 0 Å². The Morgan fingerprint density at radius 1 is 1.32 bits per heavy atom. The molecule has 0 aromatic carbocycles. The zero-order valence-corrected chi connectivity index (χ0v) is 14.2. The van der Waals surface area contributed by atoms with Crippen molar-refractivity contribution in [1.82, 2.24) is 9.80 Å². The van der Waals surface area contributed by atoms with E-state index in [4.69, 9.17) is 0 Å². The third kappa shape index (κ3) is 2.80. The summed E-state index contributed by atoms with van der Waals surface area (Å²) in [4.78, 5) is 30.6. The number of rotatable bonds is 4. The van der Waals surface area contributed by atoms with Gasteiger partial charge < -0.3 is 9.80 Å². The van der Waals surface area contributed by atoms with Gasteiger partial charge in [-0.25, -0.2) is 0 Å². The summed E-state index contributed by atoms with van der Waals surface area (Å²) in [5.41, 5.74) is 0. The summed E-state index contributed by atoms with van der Waals surface area (Å²) in [6.45, 7) is 0.599. The van der Waals surface area contributed by atoms with Gasteiger partial charge in [-0.1, -0.05) is 12.1 Å². The fourth-order valence-electron chi connectivity index (χ4n) is 2.94. The van der Waals surface area contributed by atoms with Crippen molar-refractivity contribution in [3.05, 3.63) is 44.8 Å². The summed E-state index contributed by atoms with van der Waals surface area (Å²) in [5.74, 6) is -0.202. The molecule has 0 bridgehead atoms. The molecule has 0 spiro atoms. The lowest BCUT2D eigenvalue weighted by Gasteiger charge is -2.26. The molecule has 2 amide bonds. The summed E-state index contributed by atoms with van der Waals surface area (Å²) in [6, 6.07) is 7.85. The Kier molecular flexibility index (Phi) is 4.31. The molecule has 116 valence electrons. The minimum atomic E-state index is -0.291. The van der Waals surface area contributed by atoms with Crippen LogP contribution in [0, 0.1) is 5.92 Å². The van der Waals surface area contributed by atoms with Gasteiger partial charge in [-0.2, -0.15) is 0 Å². The molecule has 1 aliphatic heterocycles. The molecule has 1 fully saturated rings. The number of carbonyl (C=O) groups is 2. The first-order chi connectivity index (χ1) is 10.6. The molecular weight excluding hydrogens is 316 g/mol. The first-order valence-corrected chi connectivity index (χ1v) is 8.90. The van der Waals surface area contributed by atoms with Gasteiger partial charge in [0, 0.05) is 30.3 Å². The molecule has 2 atom stereocenters. The summed E-state index contributed by atoms with van der Waals surface area (Å²) < 4.78 is 0. The van der Waals surface area contributed by atoms with Crippen molar-refractivity contribution < 1.29 is 9.59 Å². The molecule has 0 unspecified atom stereocenters. The molecule has 2 aromatic heterocycles. The van der Waals surface area contributed by atoms with E-state index in [0.717, 1.165) is 9.75 Å². The maximum absolute atomic E-state index is 12.8. The second-order valence-electron chi connectivity index (χ2n) is 5.55. The second kappa shape index (κ2) is 6.22. The van der Waals surface area contributed by atoms with E-state index in [1.165, 1.54) is 0 Å². The third-order valence-corrected chi connectivity index (χ3v) is 5.89. The van der Waals surface area contributed by atoms with E-state index < -0.39 is 0 Å². The number of amides is 2. The van der Waals surface area contributed by atoms with E-state index in [9.17, 15) is 9.59 Å². The van der Waals surface area contributed by atoms with Crippen molar-refractivity contribution >= 4 is 34.5 Å². The van der Waals surface area contributed by atoms with Gasteiger partial charge in [-0.05, 0) is 22.9 Å². The van der Waals surface area contributed by atoms with E-state index >= 15 is 0 Å². The van der Waals surface area contributed by atoms with Gasteiger partial charge in [0.1, 0.15) is 0 Å². The molecule has 3 rings (SSSR count). The van der Waals surface area contributed by atoms with Crippen molar-refractivity contribution in [3.8, 4) is 0 Å². The number of carbonyl (C=O) groups excluding carboxylic acids is 2. The first-order valence-electron chi connectivity index (χ1n) is 7.14. The maximum Gasteiger partial charge on any atom is 0.228 e. The van der Waals surface area contributed by atoms with E-state index in [0.29, 0.717) is 13.0 Å². The molecule has 22 heavy (non-hydrogen) atoms. The van der Waals surface area contributed by atoms with Gasteiger partial charge >= 0.3 is 0 Å². The SMILES string of the molecule is CN(Cc1cccs1)C(=O)[C@H]1CC(=O)N(C)[C@@H]1c1cccs1. The molecule has 0 aliphatic carbocycles. The zero-order valence-electron chi connectivity index (χ0n) is 12.6. The molecule has 4 nitrogen and oxygen atoms in total. The van der Waals surface area contributed by atoms with Crippen molar-refractivity contribution in [2.75, 3.05) is 14.1 Å². The van der Waals surface area contributed by atoms with E-state index in [1.807, 2.05) is 42.1 Å². The average molecular weight is 334 g/mol. The van der Waals surface area contributed by atoms with Crippen LogP contribution < -0.4 is 0 Å². The Balaban J connectivity index is 1.79. The highest BCUT2D eigenvalue weighted by Crippen LogP contribution is 2.40. The Morgan fingerprint density at radius 2 is 2.05 bits per heavy atom. The summed E-state index contributed by atoms with van der Waals surface area (Å²) >= 11 is 3.24. The highest BCUT2D eigenvalue weighted by Gasteiger charge is 2.44. The van der Waals surface area contributed by atoms with Crippen LogP contribution in [-0.2, 0) is 16.1 Å². The van der Waals surface area contributed by atoms with Gasteiger partial charge in [-0.15, -0.1) is 22.7 Å². The largest absolute Gasteiger partial charge is 0.340 e. The van der Waals surface area contributed by atoms with Crippen LogP contribution in [0.3, 0.4) is 0 Å². The number of likely N-dealkylation sites (tertiary alicyclic amines) is 1. The van der Waals surface area contributed by atoms with Crippen LogP contribution in [0.2, 0.25) is 0 Å². The lowest BCUT2D eigenvalue weighted by Crippen LogP contribution is -2.35. The third-order valence-electron chi connectivity index (χ3n) is 4.09. The van der Waals surface area contributed by atoms with Crippen LogP contribution in [0.4, 0.5) is 0 Å². The lowest BCUT2D eigenvalue weighted by atomic mass is 9.97. The van der Waals surface area contributed by atoms with Crippen molar-refractivity contribution in [2.45, 2.75) is 19.0 Å². The maximum atomic E-state index is 12.8. The molecule has 1 aliphatic rings. The summed E-state index contributed by atoms with van der Waals surface area (Å²) in [6.07, 6.45) is 0.298. The van der Waals surface area contributed by atoms with Gasteiger partial charge in [0.2, 0.25) is 11.8 Å². The molecule has 0 N–H and O–H groups in total. The van der Waals surface area contributed by atoms with Crippen LogP contribution in [0.25, 0.3) is 0 Å². The van der Waals surface area contributed by atoms with E-state index in [2.05, 4.69) is 0 Å². The average Bonchev–Trinajstić information content (AvgIpc) is 3.21. The predicted molar refractivity (Wildman–Crippen MR) is 88.7 cm³/mol. The monoisotopic (exact) mass is 334 g/mol. The predicted octanol–water partition coefficient (Wildman–Crippen LogP) is 2.99. The smallest absolute Gasteiger partial charge is 0.228 e. The normalized spacial score (nSPS) is 21.4. The van der Waals surface area contributed by atoms with Gasteiger partial charge in [0.05, 0.1) is 18.5 Å². The summed E-state index contributed by atoms with van der Waals surface area (Å²) in [5, 5.41) is 4.00. The Hall–Kier alpha value is -1.66. The molecule has 3 heterocycles. The fourth-order valence-corrected chi connectivity index (χ4v) is 4.63. The Labute approximate surface area is 138 Å². The highest BCUT2D eigenvalue weighted by atomic mass is 32.1. The first kappa shape index (κ1) is 15.2. The molecule has 2 aromatic rings. The molecular formula is C16H18N2O2S2. The summed E-state index contributed by atoms with van der Waals surface area (Å²) in [7, 11) is 3.61. The quantitative estimate of drug-likeness (QED) is 0.862. The number of nitrogens with zero attached hydrogens (tertiary/aromatic N) is 2. The van der Waals surface area contributed by atoms with Crippen LogP contribution >= 0.6 is 22.7 Å². The van der Waals surface area contributed by atoms with Crippen LogP contribution in [-0.4, -0.2) is 35.7 Å². The molecule has 0 radical (unpaired) electrons. The second-order valence-corrected chi connectivity index (χ2v) is 7.56. The highest BCUT2D eigenvalue weighted by molar-refractivity contribution is 7.10. The zero-order chi connectivity index (χ0) is 15.7. The van der Waals surface area contributed by atoms with Gasteiger partial charge in [0.15, 0.2) is 0 Å². The molecule has 1 saturated heterocycles. The lowest BCUT2D eigenvalue weighted by molar-refractivity contribution is -0.135. The van der Waals surface area contributed by atoms with Gasteiger partial charge in [-0.3, -0.25) is 9.59 Å². The molecule has 6 heteroatoms. The van der Waals surface area contributed by atoms with E-state index in [1.54, 1.807) is 39.5 Å². The number of hydrogen-bond acceptors (Lipinski definition) is 4. The van der Waals surface area contributed by atoms with Crippen LogP contribution in [0.15, 0.2) is 35.0 Å². The van der Waals surface area contributed by atoms with Crippen LogP contribution in [0.5, 0.6) is 0 Å².